The van der Waals surface area contributed by atoms with Crippen molar-refractivity contribution < 1.29 is 32.6 Å². The van der Waals surface area contributed by atoms with E-state index in [0.29, 0.717) is 5.69 Å². The van der Waals surface area contributed by atoms with Crippen LogP contribution < -0.4 is 10.4 Å². The topological polar surface area (TPSA) is 91.3 Å². The second kappa shape index (κ2) is 7.78. The summed E-state index contributed by atoms with van der Waals surface area (Å²) in [6, 6.07) is 8.86. The number of nitrogens with one attached hydrogen (secondary N) is 1. The number of carbonyl (C=O) groups is 2. The molecule has 1 heterocycles. The predicted octanol–water partition coefficient (Wildman–Crippen LogP) is 3.54. The van der Waals surface area contributed by atoms with Crippen molar-refractivity contribution >= 4 is 34.2 Å². The number of rotatable bonds is 5. The molecule has 0 atom stereocenters. The SMILES string of the molecule is CCOC(=O)c1cnc2c(C(F)(F)F)cccc2c1Nc1ccc(C(=O)[O-])cc1. The van der Waals surface area contributed by atoms with Crippen LogP contribution >= 0.6 is 0 Å². The van der Waals surface area contributed by atoms with Crippen LogP contribution in [0.25, 0.3) is 10.9 Å². The quantitative estimate of drug-likeness (QED) is 0.656. The Morgan fingerprint density at radius 1 is 1.14 bits per heavy atom. The van der Waals surface area contributed by atoms with Crippen LogP contribution in [0.15, 0.2) is 48.7 Å². The highest BCUT2D eigenvalue weighted by atomic mass is 19.4. The summed E-state index contributed by atoms with van der Waals surface area (Å²) >= 11 is 0. The van der Waals surface area contributed by atoms with Crippen molar-refractivity contribution in [3.63, 3.8) is 0 Å². The highest BCUT2D eigenvalue weighted by molar-refractivity contribution is 6.06. The first-order valence-electron chi connectivity index (χ1n) is 8.47. The molecule has 150 valence electrons. The van der Waals surface area contributed by atoms with Crippen LogP contribution in [0, 0.1) is 0 Å². The van der Waals surface area contributed by atoms with Crippen LogP contribution in [-0.2, 0) is 10.9 Å². The van der Waals surface area contributed by atoms with Crippen LogP contribution in [0.3, 0.4) is 0 Å². The fourth-order valence-electron chi connectivity index (χ4n) is 2.78. The maximum atomic E-state index is 13.4. The number of benzene rings is 2. The van der Waals surface area contributed by atoms with E-state index in [0.717, 1.165) is 12.3 Å². The number of carbonyl (C=O) groups excluding carboxylic acids is 2. The summed E-state index contributed by atoms with van der Waals surface area (Å²) in [6.45, 7) is 1.67. The second-order valence-electron chi connectivity index (χ2n) is 5.96. The highest BCUT2D eigenvalue weighted by Gasteiger charge is 2.34. The number of esters is 1. The van der Waals surface area contributed by atoms with Crippen LogP contribution in [0.4, 0.5) is 24.5 Å². The van der Waals surface area contributed by atoms with Crippen molar-refractivity contribution in [3.8, 4) is 0 Å². The molecule has 0 saturated carbocycles. The van der Waals surface area contributed by atoms with Crippen LogP contribution in [-0.4, -0.2) is 23.5 Å². The van der Waals surface area contributed by atoms with Crippen LogP contribution in [0.5, 0.6) is 0 Å². The van der Waals surface area contributed by atoms with E-state index in [1.165, 1.54) is 36.4 Å². The summed E-state index contributed by atoms with van der Waals surface area (Å²) in [7, 11) is 0. The van der Waals surface area contributed by atoms with Crippen molar-refractivity contribution in [2.24, 2.45) is 0 Å². The van der Waals surface area contributed by atoms with E-state index in [4.69, 9.17) is 4.74 Å². The van der Waals surface area contributed by atoms with Gasteiger partial charge >= 0.3 is 12.1 Å². The molecule has 0 aliphatic carbocycles. The standard InChI is InChI=1S/C20H15F3N2O4/c1-2-29-19(28)14-10-24-17-13(4-3-5-15(17)20(21,22)23)16(14)25-12-8-6-11(7-9-12)18(26)27/h3-10H,2H2,1H3,(H,24,25)(H,26,27)/p-1. The smallest absolute Gasteiger partial charge is 0.418 e. The summed E-state index contributed by atoms with van der Waals surface area (Å²) in [4.78, 5) is 27.0. The van der Waals surface area contributed by atoms with Gasteiger partial charge in [-0.05, 0) is 30.7 Å². The van der Waals surface area contributed by atoms with Gasteiger partial charge in [-0.1, -0.05) is 24.3 Å². The lowest BCUT2D eigenvalue weighted by molar-refractivity contribution is -0.255. The zero-order valence-electron chi connectivity index (χ0n) is 15.0. The van der Waals surface area contributed by atoms with Crippen LogP contribution in [0.2, 0.25) is 0 Å². The third-order valence-corrected chi connectivity index (χ3v) is 4.09. The number of pyridine rings is 1. The molecule has 0 unspecified atom stereocenters. The normalized spacial score (nSPS) is 11.3. The van der Waals surface area contributed by atoms with Crippen LogP contribution in [0.1, 0.15) is 33.2 Å². The number of aromatic carboxylic acids is 1. The van der Waals surface area contributed by atoms with E-state index in [9.17, 15) is 27.9 Å². The third-order valence-electron chi connectivity index (χ3n) is 4.09. The van der Waals surface area contributed by atoms with Gasteiger partial charge in [-0.3, -0.25) is 4.98 Å². The molecule has 0 bridgehead atoms. The molecule has 0 aliphatic rings. The number of halogens is 3. The molecular formula is C20H14F3N2O4-. The first-order chi connectivity index (χ1) is 13.7. The maximum absolute atomic E-state index is 13.4. The number of nitrogens with zero attached hydrogens (tertiary/aromatic N) is 1. The van der Waals surface area contributed by atoms with E-state index in [2.05, 4.69) is 10.3 Å². The van der Waals surface area contributed by atoms with E-state index >= 15 is 0 Å². The molecule has 0 aliphatic heterocycles. The van der Waals surface area contributed by atoms with Gasteiger partial charge in [0.15, 0.2) is 0 Å². The zero-order valence-corrected chi connectivity index (χ0v) is 15.0. The van der Waals surface area contributed by atoms with Gasteiger partial charge in [0, 0.05) is 17.3 Å². The Labute approximate surface area is 162 Å². The number of hydrogen-bond acceptors (Lipinski definition) is 6. The molecule has 6 nitrogen and oxygen atoms in total. The number of carboxylic acids is 1. The molecule has 3 aromatic rings. The minimum atomic E-state index is -4.63. The van der Waals surface area contributed by atoms with E-state index < -0.39 is 23.7 Å². The number of carboxylic acid groups (broad SMARTS) is 1. The molecule has 9 heteroatoms. The molecule has 1 aromatic heterocycles. The summed E-state index contributed by atoms with van der Waals surface area (Å²) in [5.74, 6) is -2.12. The molecule has 3 rings (SSSR count). The molecule has 0 saturated heterocycles. The summed E-state index contributed by atoms with van der Waals surface area (Å²) in [6.07, 6.45) is -3.61. The van der Waals surface area contributed by atoms with Crippen molar-refractivity contribution in [1.29, 1.82) is 0 Å². The van der Waals surface area contributed by atoms with Gasteiger partial charge < -0.3 is 20.0 Å². The van der Waals surface area contributed by atoms with E-state index in [-0.39, 0.29) is 34.3 Å². The first kappa shape index (κ1) is 20.1. The second-order valence-corrected chi connectivity index (χ2v) is 5.96. The average molecular weight is 403 g/mol. The lowest BCUT2D eigenvalue weighted by Crippen LogP contribution is -2.21. The number of ether oxygens (including phenoxy) is 1. The van der Waals surface area contributed by atoms with Gasteiger partial charge in [-0.25, -0.2) is 4.79 Å². The molecule has 2 aromatic carbocycles. The number of fused-ring (bicyclic) bond motifs is 1. The third kappa shape index (κ3) is 4.13. The Bertz CT molecular complexity index is 1080. The number of hydrogen-bond donors (Lipinski definition) is 1. The number of para-hydroxylation sites is 1. The lowest BCUT2D eigenvalue weighted by Gasteiger charge is -2.17. The monoisotopic (exact) mass is 403 g/mol. The molecule has 1 N–H and O–H groups in total. The number of aromatic nitrogens is 1. The molecule has 0 amide bonds. The van der Waals surface area contributed by atoms with Crippen molar-refractivity contribution in [2.45, 2.75) is 13.1 Å². The van der Waals surface area contributed by atoms with Gasteiger partial charge in [-0.15, -0.1) is 0 Å². The first-order valence-corrected chi connectivity index (χ1v) is 8.47. The molecule has 0 radical (unpaired) electrons. The predicted molar refractivity (Wildman–Crippen MR) is 96.8 cm³/mol. The Kier molecular flexibility index (Phi) is 5.40. The number of anilines is 2. The Hall–Kier alpha value is -3.62. The minimum absolute atomic E-state index is 0.0531. The average Bonchev–Trinajstić information content (AvgIpc) is 2.67. The van der Waals surface area contributed by atoms with Gasteiger partial charge in [0.1, 0.15) is 5.56 Å². The summed E-state index contributed by atoms with van der Waals surface area (Å²) < 4.78 is 45.1. The summed E-state index contributed by atoms with van der Waals surface area (Å²) in [5.41, 5.74) is -0.975. The number of alkyl halides is 3. The highest BCUT2D eigenvalue weighted by Crippen LogP contribution is 2.37. The largest absolute Gasteiger partial charge is 0.545 e. The maximum Gasteiger partial charge on any atom is 0.418 e. The van der Waals surface area contributed by atoms with Gasteiger partial charge in [-0.2, -0.15) is 13.2 Å². The van der Waals surface area contributed by atoms with Gasteiger partial charge in [0.25, 0.3) is 0 Å². The van der Waals surface area contributed by atoms with E-state index in [1.54, 1.807) is 6.92 Å². The lowest BCUT2D eigenvalue weighted by atomic mass is 10.0. The molecule has 0 spiro atoms. The zero-order chi connectivity index (χ0) is 21.2. The molecule has 29 heavy (non-hydrogen) atoms. The molecule has 0 fully saturated rings. The van der Waals surface area contributed by atoms with Gasteiger partial charge in [0.2, 0.25) is 0 Å². The van der Waals surface area contributed by atoms with Crippen molar-refractivity contribution in [1.82, 2.24) is 4.98 Å². The van der Waals surface area contributed by atoms with E-state index in [1.807, 2.05) is 0 Å². The Morgan fingerprint density at radius 2 is 1.83 bits per heavy atom. The van der Waals surface area contributed by atoms with Gasteiger partial charge in [0.05, 0.1) is 29.3 Å². The Balaban J connectivity index is 2.18. The summed E-state index contributed by atoms with van der Waals surface area (Å²) in [5, 5.41) is 13.8. The molecular weight excluding hydrogens is 389 g/mol. The Morgan fingerprint density at radius 3 is 2.41 bits per heavy atom. The van der Waals surface area contributed by atoms with Crippen molar-refractivity contribution in [3.05, 3.63) is 65.4 Å². The fourth-order valence-corrected chi connectivity index (χ4v) is 2.78. The fraction of sp³-hybridized carbons (Fsp3) is 0.150. The minimum Gasteiger partial charge on any atom is -0.545 e. The van der Waals surface area contributed by atoms with Crippen molar-refractivity contribution in [2.75, 3.05) is 11.9 Å².